The van der Waals surface area contributed by atoms with Crippen LogP contribution in [0.15, 0.2) is 24.4 Å². The Morgan fingerprint density at radius 3 is 2.45 bits per heavy atom. The number of ketones is 1. The van der Waals surface area contributed by atoms with Crippen LogP contribution in [0.5, 0.6) is 0 Å². The lowest BCUT2D eigenvalue weighted by Gasteiger charge is -2.32. The number of nitrogens with one attached hydrogen (secondary N) is 2. The number of carbonyl (C=O) groups excluding carboxylic acids is 3. The summed E-state index contributed by atoms with van der Waals surface area (Å²) in [6, 6.07) is 4.82. The first-order chi connectivity index (χ1) is 14.8. The van der Waals surface area contributed by atoms with Gasteiger partial charge in [0.2, 0.25) is 5.91 Å². The largest absolute Gasteiger partial charge is 0.348 e. The third kappa shape index (κ3) is 5.86. The highest BCUT2D eigenvalue weighted by molar-refractivity contribution is 6.39. The normalized spacial score (nSPS) is 14.7. The van der Waals surface area contributed by atoms with E-state index >= 15 is 0 Å². The first-order valence-electron chi connectivity index (χ1n) is 10.3. The van der Waals surface area contributed by atoms with Gasteiger partial charge < -0.3 is 10.2 Å². The molecule has 1 aromatic heterocycles. The molecule has 1 saturated heterocycles. The van der Waals surface area contributed by atoms with Crippen LogP contribution in [0, 0.1) is 5.92 Å². The Morgan fingerprint density at radius 2 is 1.84 bits per heavy atom. The summed E-state index contributed by atoms with van der Waals surface area (Å²) in [6.45, 7) is 5.29. The molecule has 3 rings (SSSR count). The second-order valence-electron chi connectivity index (χ2n) is 8.19. The number of carbonyl (C=O) groups is 3. The van der Waals surface area contributed by atoms with Crippen molar-refractivity contribution in [1.29, 1.82) is 0 Å². The summed E-state index contributed by atoms with van der Waals surface area (Å²) in [5.41, 5.74) is 0.953. The van der Waals surface area contributed by atoms with Gasteiger partial charge in [0.1, 0.15) is 5.69 Å². The molecule has 0 radical (unpaired) electrons. The van der Waals surface area contributed by atoms with E-state index in [4.69, 9.17) is 23.2 Å². The maximum Gasteiger partial charge on any atom is 0.269 e. The van der Waals surface area contributed by atoms with Crippen molar-refractivity contribution in [3.63, 3.8) is 0 Å². The van der Waals surface area contributed by atoms with Gasteiger partial charge in [-0.3, -0.25) is 19.5 Å². The van der Waals surface area contributed by atoms with Crippen LogP contribution in [-0.2, 0) is 11.2 Å². The highest BCUT2D eigenvalue weighted by Crippen LogP contribution is 2.26. The molecule has 0 bridgehead atoms. The first kappa shape index (κ1) is 23.3. The van der Waals surface area contributed by atoms with Gasteiger partial charge >= 0.3 is 0 Å². The maximum atomic E-state index is 12.8. The number of benzene rings is 1. The lowest BCUT2D eigenvalue weighted by Crippen LogP contribution is -2.47. The van der Waals surface area contributed by atoms with E-state index in [0.717, 1.165) is 0 Å². The van der Waals surface area contributed by atoms with Crippen LogP contribution in [0.25, 0.3) is 0 Å². The molecule has 9 heteroatoms. The summed E-state index contributed by atoms with van der Waals surface area (Å²) in [6.07, 6.45) is 3.33. The molecule has 0 unspecified atom stereocenters. The van der Waals surface area contributed by atoms with E-state index in [9.17, 15) is 14.4 Å². The van der Waals surface area contributed by atoms with Gasteiger partial charge in [0.25, 0.3) is 5.91 Å². The number of likely N-dealkylation sites (tertiary alicyclic amines) is 1. The van der Waals surface area contributed by atoms with Crippen molar-refractivity contribution in [2.24, 2.45) is 5.92 Å². The van der Waals surface area contributed by atoms with Crippen LogP contribution in [0.3, 0.4) is 0 Å². The Morgan fingerprint density at radius 1 is 1.19 bits per heavy atom. The third-order valence-corrected chi connectivity index (χ3v) is 5.93. The fourth-order valence-electron chi connectivity index (χ4n) is 3.68. The molecule has 0 spiro atoms. The average Bonchev–Trinajstić information content (AvgIpc) is 3.16. The molecular formula is C22H26Cl2N4O3. The lowest BCUT2D eigenvalue weighted by molar-refractivity contribution is -0.133. The van der Waals surface area contributed by atoms with Gasteiger partial charge in [-0.15, -0.1) is 0 Å². The van der Waals surface area contributed by atoms with Crippen LogP contribution in [0.2, 0.25) is 10.0 Å². The summed E-state index contributed by atoms with van der Waals surface area (Å²) < 4.78 is 0. The van der Waals surface area contributed by atoms with Gasteiger partial charge in [-0.25, -0.2) is 0 Å². The van der Waals surface area contributed by atoms with Gasteiger partial charge in [-0.2, -0.15) is 5.10 Å². The average molecular weight is 465 g/mol. The van der Waals surface area contributed by atoms with E-state index < -0.39 is 0 Å². The summed E-state index contributed by atoms with van der Waals surface area (Å²) in [5, 5.41) is 10.1. The van der Waals surface area contributed by atoms with Gasteiger partial charge in [0.15, 0.2) is 5.78 Å². The Balaban J connectivity index is 1.59. The monoisotopic (exact) mass is 464 g/mol. The molecular weight excluding hydrogens is 439 g/mol. The van der Waals surface area contributed by atoms with Crippen molar-refractivity contribution < 1.29 is 14.4 Å². The number of nitrogens with zero attached hydrogens (tertiary/aromatic N) is 2. The lowest BCUT2D eigenvalue weighted by atomic mass is 10.0. The molecule has 1 aromatic carbocycles. The number of amides is 2. The van der Waals surface area contributed by atoms with E-state index in [1.165, 1.54) is 6.20 Å². The molecule has 1 aliphatic heterocycles. The molecule has 1 aliphatic rings. The minimum absolute atomic E-state index is 0.0412. The summed E-state index contributed by atoms with van der Waals surface area (Å²) in [4.78, 5) is 39.6. The zero-order chi connectivity index (χ0) is 22.5. The number of halogens is 2. The van der Waals surface area contributed by atoms with E-state index in [1.54, 1.807) is 18.2 Å². The number of aromatic amines is 1. The zero-order valence-electron chi connectivity index (χ0n) is 17.6. The fraction of sp³-hybridized carbons (Fsp3) is 0.455. The van der Waals surface area contributed by atoms with Gasteiger partial charge in [-0.05, 0) is 30.9 Å². The minimum atomic E-state index is -0.322. The Kier molecular flexibility index (Phi) is 7.73. The molecule has 0 atom stereocenters. The molecule has 1 fully saturated rings. The van der Waals surface area contributed by atoms with Crippen molar-refractivity contribution in [3.8, 4) is 0 Å². The Labute approximate surface area is 191 Å². The minimum Gasteiger partial charge on any atom is -0.348 e. The molecule has 2 aromatic rings. The standard InChI is InChI=1S/C22H26Cl2N4O3/c1-13(2)10-19(30)28-8-6-15(7-9-28)26-22(31)21-14(12-25-27-21)11-18(29)20-16(23)4-3-5-17(20)24/h3-5,12-13,15H,6-11H2,1-2H3,(H,25,27)(H,26,31). The second-order valence-corrected chi connectivity index (χ2v) is 9.01. The Hall–Kier alpha value is -2.38. The van der Waals surface area contributed by atoms with Crippen LogP contribution in [0.4, 0.5) is 0 Å². The quantitative estimate of drug-likeness (QED) is 0.607. The zero-order valence-corrected chi connectivity index (χ0v) is 19.1. The first-order valence-corrected chi connectivity index (χ1v) is 11.1. The number of H-pyrrole nitrogens is 1. The number of aromatic nitrogens is 2. The van der Waals surface area contributed by atoms with Crippen LogP contribution in [0.1, 0.15) is 59.5 Å². The highest BCUT2D eigenvalue weighted by Gasteiger charge is 2.26. The number of Topliss-reactive ketones (excluding diaryl/α,β-unsaturated/α-hetero) is 1. The van der Waals surface area contributed by atoms with Crippen molar-refractivity contribution in [3.05, 3.63) is 51.3 Å². The summed E-state index contributed by atoms with van der Waals surface area (Å²) >= 11 is 12.2. The van der Waals surface area contributed by atoms with Crippen molar-refractivity contribution in [2.75, 3.05) is 13.1 Å². The summed E-state index contributed by atoms with van der Waals surface area (Å²) in [7, 11) is 0. The van der Waals surface area contributed by atoms with E-state index in [0.29, 0.717) is 43.8 Å². The number of hydrogen-bond acceptors (Lipinski definition) is 4. The topological polar surface area (TPSA) is 95.2 Å². The predicted octanol–water partition coefficient (Wildman–Crippen LogP) is 3.91. The molecule has 7 nitrogen and oxygen atoms in total. The molecule has 31 heavy (non-hydrogen) atoms. The van der Waals surface area contributed by atoms with Crippen molar-refractivity contribution in [1.82, 2.24) is 20.4 Å². The molecule has 2 heterocycles. The van der Waals surface area contributed by atoms with E-state index in [-0.39, 0.29) is 51.4 Å². The van der Waals surface area contributed by atoms with E-state index in [2.05, 4.69) is 15.5 Å². The van der Waals surface area contributed by atoms with Gasteiger partial charge in [-0.1, -0.05) is 43.1 Å². The second kappa shape index (κ2) is 10.3. The SMILES string of the molecule is CC(C)CC(=O)N1CCC(NC(=O)c2[nH]ncc2CC(=O)c2c(Cl)cccc2Cl)CC1. The van der Waals surface area contributed by atoms with E-state index in [1.807, 2.05) is 18.7 Å². The van der Waals surface area contributed by atoms with Crippen molar-refractivity contribution >= 4 is 40.8 Å². The van der Waals surface area contributed by atoms with Crippen molar-refractivity contribution in [2.45, 2.75) is 45.6 Å². The van der Waals surface area contributed by atoms with Gasteiger partial charge in [0, 0.05) is 37.5 Å². The molecule has 2 N–H and O–H groups in total. The molecule has 166 valence electrons. The summed E-state index contributed by atoms with van der Waals surface area (Å²) in [5.74, 6) is -0.125. The van der Waals surface area contributed by atoms with Crippen LogP contribution < -0.4 is 5.32 Å². The number of piperidine rings is 1. The van der Waals surface area contributed by atoms with Crippen LogP contribution in [-0.4, -0.2) is 51.8 Å². The van der Waals surface area contributed by atoms with Gasteiger partial charge in [0.05, 0.1) is 21.8 Å². The third-order valence-electron chi connectivity index (χ3n) is 5.30. The Bertz CT molecular complexity index is 945. The maximum absolute atomic E-state index is 12.8. The molecule has 2 amide bonds. The smallest absolute Gasteiger partial charge is 0.269 e. The number of hydrogen-bond donors (Lipinski definition) is 2. The fourth-order valence-corrected chi connectivity index (χ4v) is 4.28. The molecule has 0 aliphatic carbocycles. The molecule has 0 saturated carbocycles. The van der Waals surface area contributed by atoms with Crippen LogP contribution >= 0.6 is 23.2 Å². The highest BCUT2D eigenvalue weighted by atomic mass is 35.5. The predicted molar refractivity (Wildman–Crippen MR) is 120 cm³/mol. The number of rotatable bonds is 7.